The van der Waals surface area contributed by atoms with Crippen LogP contribution in [-0.2, 0) is 0 Å². The predicted octanol–water partition coefficient (Wildman–Crippen LogP) is 0.734. The number of halogens is 1. The van der Waals surface area contributed by atoms with Crippen LogP contribution in [0, 0.1) is 5.82 Å². The van der Waals surface area contributed by atoms with Crippen molar-refractivity contribution in [2.45, 2.75) is 0 Å². The van der Waals surface area contributed by atoms with Gasteiger partial charge in [-0.15, -0.1) is 0 Å². The van der Waals surface area contributed by atoms with Crippen LogP contribution in [-0.4, -0.2) is 52.3 Å². The Bertz CT molecular complexity index is 576. The zero-order chi connectivity index (χ0) is 13.8. The average molecular weight is 266 g/mol. The van der Waals surface area contributed by atoms with Crippen LogP contribution in [0.2, 0.25) is 0 Å². The maximum absolute atomic E-state index is 13.5. The molecule has 1 aromatic heterocycles. The van der Waals surface area contributed by atoms with Crippen molar-refractivity contribution >= 4 is 16.8 Å². The third-order valence-corrected chi connectivity index (χ3v) is 2.87. The van der Waals surface area contributed by atoms with E-state index >= 15 is 0 Å². The third-order valence-electron chi connectivity index (χ3n) is 2.87. The molecule has 0 saturated carbocycles. The van der Waals surface area contributed by atoms with E-state index in [1.165, 1.54) is 17.0 Å². The van der Waals surface area contributed by atoms with E-state index < -0.39 is 5.82 Å². The number of rotatable bonds is 5. The number of nitrogens with one attached hydrogen (secondary N) is 1. The average Bonchev–Trinajstić information content (AvgIpc) is 2.83. The lowest BCUT2D eigenvalue weighted by atomic mass is 10.2. The fourth-order valence-corrected chi connectivity index (χ4v) is 1.96. The highest BCUT2D eigenvalue weighted by Crippen LogP contribution is 2.19. The molecule has 1 aromatic carbocycles. The Labute approximate surface area is 109 Å². The first-order chi connectivity index (χ1) is 9.17. The number of hydrogen-bond acceptors (Lipinski definition) is 3. The highest BCUT2D eigenvalue weighted by atomic mass is 19.1. The first-order valence-electron chi connectivity index (χ1n) is 5.95. The molecular formula is C13H15FN2O3. The number of benzene rings is 1. The van der Waals surface area contributed by atoms with E-state index in [2.05, 4.69) is 4.98 Å². The number of hydrogen-bond donors (Lipinski definition) is 3. The number of aliphatic hydroxyl groups is 2. The summed E-state index contributed by atoms with van der Waals surface area (Å²) in [5.74, 6) is -0.776. The number of H-pyrrole nitrogens is 1. The Morgan fingerprint density at radius 2 is 1.95 bits per heavy atom. The molecule has 0 aliphatic carbocycles. The molecular weight excluding hydrogens is 251 g/mol. The summed E-state index contributed by atoms with van der Waals surface area (Å²) in [6.07, 6.45) is 0. The van der Waals surface area contributed by atoms with Crippen LogP contribution in [0.25, 0.3) is 10.9 Å². The highest BCUT2D eigenvalue weighted by molar-refractivity contribution is 5.98. The molecule has 0 bridgehead atoms. The molecule has 2 rings (SSSR count). The molecule has 6 heteroatoms. The molecule has 0 saturated heterocycles. The molecule has 0 unspecified atom stereocenters. The standard InChI is InChI=1S/C13H15FN2O3/c14-10-2-1-3-11-9(10)8-12(15-11)13(19)16(4-6-17)5-7-18/h1-3,8,15,17-18H,4-7H2. The predicted molar refractivity (Wildman–Crippen MR) is 68.3 cm³/mol. The van der Waals surface area contributed by atoms with Gasteiger partial charge in [0, 0.05) is 24.0 Å². The van der Waals surface area contributed by atoms with Gasteiger partial charge in [0.25, 0.3) is 5.91 Å². The van der Waals surface area contributed by atoms with Crippen molar-refractivity contribution in [3.05, 3.63) is 35.8 Å². The van der Waals surface area contributed by atoms with E-state index in [0.717, 1.165) is 0 Å². The Hall–Kier alpha value is -1.92. The largest absolute Gasteiger partial charge is 0.395 e. The normalized spacial score (nSPS) is 10.9. The molecule has 1 amide bonds. The highest BCUT2D eigenvalue weighted by Gasteiger charge is 2.17. The van der Waals surface area contributed by atoms with Crippen LogP contribution < -0.4 is 0 Å². The van der Waals surface area contributed by atoms with Crippen molar-refractivity contribution in [3.8, 4) is 0 Å². The van der Waals surface area contributed by atoms with Crippen LogP contribution >= 0.6 is 0 Å². The Morgan fingerprint density at radius 1 is 1.26 bits per heavy atom. The zero-order valence-electron chi connectivity index (χ0n) is 10.3. The zero-order valence-corrected chi connectivity index (χ0v) is 10.3. The molecule has 3 N–H and O–H groups in total. The van der Waals surface area contributed by atoms with Crippen molar-refractivity contribution in [2.24, 2.45) is 0 Å². The van der Waals surface area contributed by atoms with E-state index in [4.69, 9.17) is 10.2 Å². The number of aliphatic hydroxyl groups excluding tert-OH is 2. The van der Waals surface area contributed by atoms with Crippen LogP contribution in [0.3, 0.4) is 0 Å². The minimum absolute atomic E-state index is 0.122. The van der Waals surface area contributed by atoms with Gasteiger partial charge < -0.3 is 20.1 Å². The van der Waals surface area contributed by atoms with Crippen LogP contribution in [0.5, 0.6) is 0 Å². The van der Waals surface area contributed by atoms with Gasteiger partial charge in [-0.05, 0) is 18.2 Å². The van der Waals surface area contributed by atoms with Crippen molar-refractivity contribution in [1.29, 1.82) is 0 Å². The lowest BCUT2D eigenvalue weighted by Crippen LogP contribution is -2.36. The summed E-state index contributed by atoms with van der Waals surface area (Å²) in [7, 11) is 0. The summed E-state index contributed by atoms with van der Waals surface area (Å²) in [5, 5.41) is 18.1. The smallest absolute Gasteiger partial charge is 0.270 e. The third kappa shape index (κ3) is 2.74. The van der Waals surface area contributed by atoms with Gasteiger partial charge in [0.05, 0.1) is 13.2 Å². The number of fused-ring (bicyclic) bond motifs is 1. The summed E-state index contributed by atoms with van der Waals surface area (Å²) in [6.45, 7) is -0.144. The number of carbonyl (C=O) groups is 1. The Kier molecular flexibility index (Phi) is 4.13. The molecule has 0 atom stereocenters. The first-order valence-corrected chi connectivity index (χ1v) is 5.95. The maximum Gasteiger partial charge on any atom is 0.270 e. The molecule has 0 aliphatic heterocycles. The summed E-state index contributed by atoms with van der Waals surface area (Å²) < 4.78 is 13.5. The second-order valence-corrected chi connectivity index (χ2v) is 4.12. The van der Waals surface area contributed by atoms with Crippen molar-refractivity contribution < 1.29 is 19.4 Å². The van der Waals surface area contributed by atoms with E-state index in [1.807, 2.05) is 0 Å². The summed E-state index contributed by atoms with van der Waals surface area (Å²) in [5.41, 5.74) is 0.776. The van der Waals surface area contributed by atoms with Gasteiger partial charge in [-0.3, -0.25) is 4.79 Å². The molecule has 2 aromatic rings. The lowest BCUT2D eigenvalue weighted by Gasteiger charge is -2.19. The summed E-state index contributed by atoms with van der Waals surface area (Å²) in [6, 6.07) is 6.00. The second-order valence-electron chi connectivity index (χ2n) is 4.12. The van der Waals surface area contributed by atoms with E-state index in [1.54, 1.807) is 12.1 Å². The molecule has 0 aliphatic rings. The van der Waals surface area contributed by atoms with Gasteiger partial charge in [-0.2, -0.15) is 0 Å². The second kappa shape index (κ2) is 5.81. The topological polar surface area (TPSA) is 76.6 Å². The summed E-state index contributed by atoms with van der Waals surface area (Å²) in [4.78, 5) is 16.3. The van der Waals surface area contributed by atoms with Crippen molar-refractivity contribution in [2.75, 3.05) is 26.3 Å². The van der Waals surface area contributed by atoms with Gasteiger partial charge in [0.15, 0.2) is 0 Å². The number of amides is 1. The quantitative estimate of drug-likeness (QED) is 0.747. The minimum Gasteiger partial charge on any atom is -0.395 e. The van der Waals surface area contributed by atoms with Crippen molar-refractivity contribution in [3.63, 3.8) is 0 Å². The number of aromatic amines is 1. The molecule has 0 radical (unpaired) electrons. The van der Waals surface area contributed by atoms with Gasteiger partial charge in [-0.1, -0.05) is 6.07 Å². The van der Waals surface area contributed by atoms with Crippen LogP contribution in [0.4, 0.5) is 4.39 Å². The lowest BCUT2D eigenvalue weighted by molar-refractivity contribution is 0.0680. The summed E-state index contributed by atoms with van der Waals surface area (Å²) >= 11 is 0. The fraction of sp³-hybridized carbons (Fsp3) is 0.308. The van der Waals surface area contributed by atoms with Gasteiger partial charge in [-0.25, -0.2) is 4.39 Å². The Balaban J connectivity index is 2.32. The fourth-order valence-electron chi connectivity index (χ4n) is 1.96. The van der Waals surface area contributed by atoms with Crippen LogP contribution in [0.1, 0.15) is 10.5 Å². The molecule has 0 spiro atoms. The maximum atomic E-state index is 13.5. The molecule has 0 fully saturated rings. The van der Waals surface area contributed by atoms with E-state index in [0.29, 0.717) is 10.9 Å². The number of carbonyl (C=O) groups excluding carboxylic acids is 1. The molecule has 102 valence electrons. The molecule has 5 nitrogen and oxygen atoms in total. The van der Waals surface area contributed by atoms with E-state index in [-0.39, 0.29) is 37.9 Å². The number of aromatic nitrogens is 1. The van der Waals surface area contributed by atoms with E-state index in [9.17, 15) is 9.18 Å². The number of nitrogens with zero attached hydrogens (tertiary/aromatic N) is 1. The Morgan fingerprint density at radius 3 is 2.53 bits per heavy atom. The molecule has 1 heterocycles. The minimum atomic E-state index is -0.399. The van der Waals surface area contributed by atoms with Gasteiger partial charge in [0.2, 0.25) is 0 Å². The van der Waals surface area contributed by atoms with Crippen LogP contribution in [0.15, 0.2) is 24.3 Å². The first kappa shape index (κ1) is 13.5. The SMILES string of the molecule is O=C(c1cc2c(F)cccc2[nH]1)N(CCO)CCO. The van der Waals surface area contributed by atoms with Crippen molar-refractivity contribution in [1.82, 2.24) is 9.88 Å². The molecule has 19 heavy (non-hydrogen) atoms. The monoisotopic (exact) mass is 266 g/mol. The van der Waals surface area contributed by atoms with Gasteiger partial charge in [0.1, 0.15) is 11.5 Å². The van der Waals surface area contributed by atoms with Gasteiger partial charge >= 0.3 is 0 Å².